The minimum absolute atomic E-state index is 0.229. The number of nitrogens with one attached hydrogen (secondary N) is 2. The third-order valence-electron chi connectivity index (χ3n) is 3.65. The van der Waals surface area contributed by atoms with Crippen LogP contribution in [0, 0.1) is 0 Å². The van der Waals surface area contributed by atoms with Gasteiger partial charge in [-0.15, -0.1) is 0 Å². The quantitative estimate of drug-likeness (QED) is 0.736. The molecule has 0 aliphatic heterocycles. The van der Waals surface area contributed by atoms with Gasteiger partial charge in [0.25, 0.3) is 11.5 Å². The lowest BCUT2D eigenvalue weighted by molar-refractivity contribution is 0.102. The topological polar surface area (TPSA) is 93.2 Å². The van der Waals surface area contributed by atoms with Gasteiger partial charge in [-0.1, -0.05) is 29.8 Å². The van der Waals surface area contributed by atoms with E-state index in [1.807, 2.05) is 0 Å². The van der Waals surface area contributed by atoms with Crippen molar-refractivity contribution >= 4 is 23.2 Å². The Hall–Kier alpha value is -3.32. The molecular formula is C18H14ClN3O4. The number of hydrogen-bond acceptors (Lipinski definition) is 4. The maximum absolute atomic E-state index is 12.7. The molecule has 2 aromatic carbocycles. The first-order valence-electron chi connectivity index (χ1n) is 7.56. The summed E-state index contributed by atoms with van der Waals surface area (Å²) in [5, 5.41) is 2.89. The van der Waals surface area contributed by atoms with Crippen LogP contribution < -0.4 is 21.3 Å². The maximum Gasteiger partial charge on any atom is 0.333 e. The van der Waals surface area contributed by atoms with E-state index in [2.05, 4.69) is 10.3 Å². The summed E-state index contributed by atoms with van der Waals surface area (Å²) in [4.78, 5) is 39.7. The second-order valence-electron chi connectivity index (χ2n) is 5.28. The van der Waals surface area contributed by atoms with Gasteiger partial charge in [-0.25, -0.2) is 9.36 Å². The van der Waals surface area contributed by atoms with E-state index in [-0.39, 0.29) is 11.3 Å². The highest BCUT2D eigenvalue weighted by Crippen LogP contribution is 2.20. The highest BCUT2D eigenvalue weighted by Gasteiger charge is 2.17. The van der Waals surface area contributed by atoms with Crippen molar-refractivity contribution in [2.45, 2.75) is 0 Å². The Balaban J connectivity index is 2.05. The van der Waals surface area contributed by atoms with Crippen molar-refractivity contribution in [3.63, 3.8) is 0 Å². The maximum atomic E-state index is 12.7. The van der Waals surface area contributed by atoms with Crippen LogP contribution >= 0.6 is 11.6 Å². The first-order valence-corrected chi connectivity index (χ1v) is 7.94. The second kappa shape index (κ2) is 7.28. The number of hydrogen-bond donors (Lipinski definition) is 2. The van der Waals surface area contributed by atoms with Crippen LogP contribution in [0.3, 0.4) is 0 Å². The number of carbonyl (C=O) groups excluding carboxylic acids is 1. The van der Waals surface area contributed by atoms with Gasteiger partial charge >= 0.3 is 5.69 Å². The first-order chi connectivity index (χ1) is 12.5. The second-order valence-corrected chi connectivity index (χ2v) is 5.69. The molecule has 0 fully saturated rings. The van der Waals surface area contributed by atoms with Crippen LogP contribution in [0.15, 0.2) is 64.3 Å². The summed E-state index contributed by atoms with van der Waals surface area (Å²) in [6, 6.07) is 13.0. The summed E-state index contributed by atoms with van der Waals surface area (Å²) in [5.41, 5.74) is -1.02. The molecule has 0 saturated carbocycles. The van der Waals surface area contributed by atoms with Crippen molar-refractivity contribution in [2.24, 2.45) is 0 Å². The molecule has 26 heavy (non-hydrogen) atoms. The van der Waals surface area contributed by atoms with E-state index in [1.165, 1.54) is 13.2 Å². The van der Waals surface area contributed by atoms with Crippen LogP contribution in [0.1, 0.15) is 10.4 Å². The fraction of sp³-hybridized carbons (Fsp3) is 0.0556. The van der Waals surface area contributed by atoms with Gasteiger partial charge in [0.1, 0.15) is 11.3 Å². The smallest absolute Gasteiger partial charge is 0.333 e. The molecule has 0 spiro atoms. The number of anilines is 1. The van der Waals surface area contributed by atoms with Crippen LogP contribution in [0.2, 0.25) is 5.02 Å². The number of ether oxygens (including phenoxy) is 1. The van der Waals surface area contributed by atoms with Crippen LogP contribution in [0.25, 0.3) is 5.69 Å². The molecule has 0 bridgehead atoms. The van der Waals surface area contributed by atoms with Gasteiger partial charge in [-0.2, -0.15) is 0 Å². The van der Waals surface area contributed by atoms with Gasteiger partial charge in [0.15, 0.2) is 0 Å². The molecule has 2 N–H and O–H groups in total. The van der Waals surface area contributed by atoms with Crippen molar-refractivity contribution in [1.29, 1.82) is 0 Å². The van der Waals surface area contributed by atoms with Crippen LogP contribution in [-0.4, -0.2) is 22.6 Å². The summed E-state index contributed by atoms with van der Waals surface area (Å²) in [7, 11) is 1.47. The van der Waals surface area contributed by atoms with E-state index in [0.717, 1.165) is 10.8 Å². The van der Waals surface area contributed by atoms with Crippen molar-refractivity contribution in [3.05, 3.63) is 86.2 Å². The molecule has 0 atom stereocenters. The van der Waals surface area contributed by atoms with E-state index in [1.54, 1.807) is 42.5 Å². The molecule has 1 heterocycles. The highest BCUT2D eigenvalue weighted by atomic mass is 35.5. The van der Waals surface area contributed by atoms with Crippen LogP contribution in [-0.2, 0) is 0 Å². The zero-order valence-corrected chi connectivity index (χ0v) is 14.4. The van der Waals surface area contributed by atoms with E-state index >= 15 is 0 Å². The van der Waals surface area contributed by atoms with Crippen molar-refractivity contribution in [3.8, 4) is 11.4 Å². The molecular weight excluding hydrogens is 358 g/mol. The van der Waals surface area contributed by atoms with E-state index < -0.39 is 17.2 Å². The first kappa shape index (κ1) is 17.5. The molecule has 7 nitrogen and oxygen atoms in total. The Morgan fingerprint density at radius 1 is 1.15 bits per heavy atom. The minimum Gasteiger partial charge on any atom is -0.497 e. The monoisotopic (exact) mass is 371 g/mol. The predicted octanol–water partition coefficient (Wildman–Crippen LogP) is 2.44. The zero-order valence-electron chi connectivity index (χ0n) is 13.7. The Morgan fingerprint density at radius 3 is 2.65 bits per heavy atom. The number of carbonyl (C=O) groups is 1. The van der Waals surface area contributed by atoms with Crippen molar-refractivity contribution < 1.29 is 9.53 Å². The molecule has 0 saturated heterocycles. The van der Waals surface area contributed by atoms with Crippen molar-refractivity contribution in [1.82, 2.24) is 9.55 Å². The normalized spacial score (nSPS) is 10.4. The number of nitrogens with zero attached hydrogens (tertiary/aromatic N) is 1. The summed E-state index contributed by atoms with van der Waals surface area (Å²) in [6.45, 7) is 0. The lowest BCUT2D eigenvalue weighted by Crippen LogP contribution is -2.38. The molecule has 0 unspecified atom stereocenters. The Morgan fingerprint density at radius 2 is 1.92 bits per heavy atom. The predicted molar refractivity (Wildman–Crippen MR) is 98.6 cm³/mol. The molecule has 1 amide bonds. The number of benzene rings is 2. The number of halogens is 1. The average Bonchev–Trinajstić information content (AvgIpc) is 2.64. The Bertz CT molecular complexity index is 1090. The van der Waals surface area contributed by atoms with Gasteiger partial charge in [0.2, 0.25) is 0 Å². The van der Waals surface area contributed by atoms with Gasteiger partial charge in [0.05, 0.1) is 23.5 Å². The average molecular weight is 372 g/mol. The molecule has 3 rings (SSSR count). The standard InChI is InChI=1S/C18H14ClN3O4/c1-26-12-6-4-5-11(9-12)22-17(24)13(10-20-18(22)25)16(23)21-15-8-3-2-7-14(15)19/h2-10H,1H3,(H,20,25)(H,21,23). The third-order valence-corrected chi connectivity index (χ3v) is 3.98. The van der Waals surface area contributed by atoms with Crippen LogP contribution in [0.5, 0.6) is 5.75 Å². The van der Waals surface area contributed by atoms with Gasteiger partial charge < -0.3 is 15.0 Å². The highest BCUT2D eigenvalue weighted by molar-refractivity contribution is 6.33. The fourth-order valence-corrected chi connectivity index (χ4v) is 2.55. The summed E-state index contributed by atoms with van der Waals surface area (Å²) in [5.74, 6) is -0.212. The molecule has 1 aromatic heterocycles. The van der Waals surface area contributed by atoms with Crippen LogP contribution in [0.4, 0.5) is 5.69 Å². The lowest BCUT2D eigenvalue weighted by atomic mass is 10.2. The molecule has 8 heteroatoms. The SMILES string of the molecule is COc1cccc(-n2c(=O)[nH]cc(C(=O)Nc3ccccc3Cl)c2=O)c1. The van der Waals surface area contributed by atoms with Crippen molar-refractivity contribution in [2.75, 3.05) is 12.4 Å². The number of H-pyrrole nitrogens is 1. The fourth-order valence-electron chi connectivity index (χ4n) is 2.37. The minimum atomic E-state index is -0.758. The molecule has 132 valence electrons. The van der Waals surface area contributed by atoms with E-state index in [9.17, 15) is 14.4 Å². The molecule has 0 aliphatic carbocycles. The van der Waals surface area contributed by atoms with E-state index in [4.69, 9.17) is 16.3 Å². The third kappa shape index (κ3) is 3.38. The molecule has 0 radical (unpaired) electrons. The number of para-hydroxylation sites is 1. The molecule has 3 aromatic rings. The Labute approximate surface area is 152 Å². The summed E-state index contributed by atoms with van der Waals surface area (Å²) in [6.07, 6.45) is 1.08. The largest absolute Gasteiger partial charge is 0.497 e. The van der Waals surface area contributed by atoms with Gasteiger partial charge in [-0.05, 0) is 24.3 Å². The number of aromatic nitrogens is 2. The Kier molecular flexibility index (Phi) is 4.90. The number of aromatic amines is 1. The summed E-state index contributed by atoms with van der Waals surface area (Å²) < 4.78 is 5.97. The van der Waals surface area contributed by atoms with Gasteiger partial charge in [0, 0.05) is 12.3 Å². The number of rotatable bonds is 4. The lowest BCUT2D eigenvalue weighted by Gasteiger charge is -2.09. The van der Waals surface area contributed by atoms with E-state index in [0.29, 0.717) is 16.5 Å². The van der Waals surface area contributed by atoms with Gasteiger partial charge in [-0.3, -0.25) is 9.59 Å². The number of amides is 1. The summed E-state index contributed by atoms with van der Waals surface area (Å²) >= 11 is 6.01. The number of methoxy groups -OCH3 is 1. The zero-order chi connectivity index (χ0) is 18.7. The molecule has 0 aliphatic rings.